The van der Waals surface area contributed by atoms with Gasteiger partial charge in [-0.25, -0.2) is 9.50 Å². The van der Waals surface area contributed by atoms with Crippen molar-refractivity contribution in [1.29, 1.82) is 0 Å². The molecule has 9 nitrogen and oxygen atoms in total. The molecule has 0 amide bonds. The van der Waals surface area contributed by atoms with Crippen molar-refractivity contribution < 1.29 is 9.47 Å². The topological polar surface area (TPSA) is 103 Å². The highest BCUT2D eigenvalue weighted by molar-refractivity contribution is 5.75. The first-order valence-electron chi connectivity index (χ1n) is 8.39. The van der Waals surface area contributed by atoms with E-state index >= 15 is 0 Å². The first kappa shape index (κ1) is 16.4. The van der Waals surface area contributed by atoms with E-state index in [4.69, 9.17) is 15.2 Å². The number of hydrogen-bond donors (Lipinski definition) is 2. The summed E-state index contributed by atoms with van der Waals surface area (Å²) in [6.45, 7) is 1.68. The van der Waals surface area contributed by atoms with Crippen LogP contribution in [0.4, 0.5) is 17.3 Å². The number of methoxy groups -OCH3 is 2. The molecule has 1 aliphatic rings. The van der Waals surface area contributed by atoms with Crippen molar-refractivity contribution >= 4 is 23.0 Å². The summed E-state index contributed by atoms with van der Waals surface area (Å²) >= 11 is 0. The third-order valence-corrected chi connectivity index (χ3v) is 4.40. The lowest BCUT2D eigenvalue weighted by Gasteiger charge is -2.18. The normalized spacial score (nSPS) is 16.9. The number of nitrogens with two attached hydrogens (primary N) is 1. The van der Waals surface area contributed by atoms with Gasteiger partial charge in [0.15, 0.2) is 17.2 Å². The molecule has 0 aliphatic carbocycles. The van der Waals surface area contributed by atoms with Crippen LogP contribution in [0.5, 0.6) is 11.6 Å². The van der Waals surface area contributed by atoms with Crippen LogP contribution in [-0.2, 0) is 0 Å². The number of anilines is 3. The second kappa shape index (κ2) is 6.68. The molecular weight excluding hydrogens is 334 g/mol. The molecule has 1 aliphatic heterocycles. The van der Waals surface area contributed by atoms with E-state index in [0.717, 1.165) is 31.0 Å². The number of nitrogens with one attached hydrogen (secondary N) is 1. The Labute approximate surface area is 150 Å². The molecule has 9 heteroatoms. The van der Waals surface area contributed by atoms with Crippen LogP contribution in [0.1, 0.15) is 6.42 Å². The molecule has 0 aromatic carbocycles. The largest absolute Gasteiger partial charge is 0.491 e. The number of rotatable bonds is 5. The van der Waals surface area contributed by atoms with Gasteiger partial charge in [-0.3, -0.25) is 0 Å². The molecule has 4 heterocycles. The maximum Gasteiger partial charge on any atom is 0.258 e. The molecule has 1 saturated heterocycles. The molecule has 3 N–H and O–H groups in total. The first-order valence-corrected chi connectivity index (χ1v) is 8.39. The van der Waals surface area contributed by atoms with Gasteiger partial charge < -0.3 is 25.4 Å². The smallest absolute Gasteiger partial charge is 0.258 e. The van der Waals surface area contributed by atoms with Crippen LogP contribution < -0.4 is 25.4 Å². The number of nitrogens with zero attached hydrogens (tertiary/aromatic N) is 5. The average Bonchev–Trinajstić information content (AvgIpc) is 3.30. The van der Waals surface area contributed by atoms with Gasteiger partial charge in [-0.15, -0.1) is 5.10 Å². The second-order valence-corrected chi connectivity index (χ2v) is 6.14. The van der Waals surface area contributed by atoms with Crippen LogP contribution >= 0.6 is 0 Å². The van der Waals surface area contributed by atoms with Crippen LogP contribution in [0.2, 0.25) is 0 Å². The Morgan fingerprint density at radius 2 is 2.15 bits per heavy atom. The molecule has 136 valence electrons. The van der Waals surface area contributed by atoms with E-state index in [9.17, 15) is 0 Å². The van der Waals surface area contributed by atoms with Crippen LogP contribution in [0.15, 0.2) is 30.6 Å². The van der Waals surface area contributed by atoms with E-state index in [2.05, 4.69) is 25.3 Å². The fourth-order valence-electron chi connectivity index (χ4n) is 3.08. The number of pyridine rings is 1. The maximum atomic E-state index is 6.04. The Hall–Kier alpha value is -3.07. The summed E-state index contributed by atoms with van der Waals surface area (Å²) in [6.07, 6.45) is 4.50. The zero-order chi connectivity index (χ0) is 18.1. The van der Waals surface area contributed by atoms with Crippen LogP contribution in [0, 0.1) is 0 Å². The molecule has 3 aromatic rings. The molecule has 1 fully saturated rings. The molecule has 4 rings (SSSR count). The zero-order valence-corrected chi connectivity index (χ0v) is 14.7. The van der Waals surface area contributed by atoms with Crippen molar-refractivity contribution in [2.75, 3.05) is 37.5 Å². The van der Waals surface area contributed by atoms with Gasteiger partial charge >= 0.3 is 0 Å². The highest BCUT2D eigenvalue weighted by atomic mass is 16.5. The molecule has 1 unspecified atom stereocenters. The summed E-state index contributed by atoms with van der Waals surface area (Å²) in [5.74, 6) is 2.47. The summed E-state index contributed by atoms with van der Waals surface area (Å²) in [5.41, 5.74) is 7.56. The fourth-order valence-corrected chi connectivity index (χ4v) is 3.08. The van der Waals surface area contributed by atoms with E-state index in [1.54, 1.807) is 31.0 Å². The van der Waals surface area contributed by atoms with Gasteiger partial charge in [0.1, 0.15) is 5.82 Å². The minimum Gasteiger partial charge on any atom is -0.491 e. The van der Waals surface area contributed by atoms with Crippen molar-refractivity contribution in [2.24, 2.45) is 5.73 Å². The van der Waals surface area contributed by atoms with Crippen LogP contribution in [0.25, 0.3) is 5.65 Å². The average molecular weight is 355 g/mol. The third-order valence-electron chi connectivity index (χ3n) is 4.40. The molecule has 3 aromatic heterocycles. The highest BCUT2D eigenvalue weighted by Gasteiger charge is 2.22. The fraction of sp³-hybridized carbons (Fsp3) is 0.353. The van der Waals surface area contributed by atoms with Gasteiger partial charge in [-0.2, -0.15) is 4.98 Å². The van der Waals surface area contributed by atoms with Gasteiger partial charge in [-0.1, -0.05) is 0 Å². The summed E-state index contributed by atoms with van der Waals surface area (Å²) < 4.78 is 12.3. The van der Waals surface area contributed by atoms with E-state index in [1.807, 2.05) is 18.3 Å². The summed E-state index contributed by atoms with van der Waals surface area (Å²) in [5, 5.41) is 7.94. The maximum absolute atomic E-state index is 6.04. The monoisotopic (exact) mass is 355 g/mol. The van der Waals surface area contributed by atoms with Gasteiger partial charge in [0.25, 0.3) is 5.88 Å². The number of aromatic nitrogens is 4. The van der Waals surface area contributed by atoms with Gasteiger partial charge in [0.05, 0.1) is 19.9 Å². The minimum absolute atomic E-state index is 0.180. The molecule has 0 saturated carbocycles. The Morgan fingerprint density at radius 1 is 1.27 bits per heavy atom. The van der Waals surface area contributed by atoms with E-state index in [0.29, 0.717) is 23.1 Å². The molecular formula is C17H21N7O2. The quantitative estimate of drug-likeness (QED) is 0.708. The van der Waals surface area contributed by atoms with Crippen molar-refractivity contribution in [3.05, 3.63) is 30.6 Å². The highest BCUT2D eigenvalue weighted by Crippen LogP contribution is 2.29. The summed E-state index contributed by atoms with van der Waals surface area (Å²) in [6, 6.07) is 5.78. The second-order valence-electron chi connectivity index (χ2n) is 6.14. The summed E-state index contributed by atoms with van der Waals surface area (Å²) in [7, 11) is 3.14. The molecule has 26 heavy (non-hydrogen) atoms. The van der Waals surface area contributed by atoms with Crippen molar-refractivity contribution in [2.45, 2.75) is 12.5 Å². The first-order chi connectivity index (χ1) is 12.7. The Morgan fingerprint density at radius 3 is 2.88 bits per heavy atom. The van der Waals surface area contributed by atoms with Crippen molar-refractivity contribution in [3.63, 3.8) is 0 Å². The van der Waals surface area contributed by atoms with E-state index in [1.165, 1.54) is 0 Å². The summed E-state index contributed by atoms with van der Waals surface area (Å²) in [4.78, 5) is 11.0. The van der Waals surface area contributed by atoms with Gasteiger partial charge in [0.2, 0.25) is 0 Å². The standard InChI is InChI=1S/C17H21N7O2/c1-25-13-3-4-14(21-17(13)26-2)20-12-9-15(23-7-5-11(18)10-23)22-24-8-6-19-16(12)24/h3-4,6,8-9,11H,5,7,10,18H2,1-2H3,(H,20,21). The van der Waals surface area contributed by atoms with Crippen molar-refractivity contribution in [3.8, 4) is 11.6 Å². The predicted molar refractivity (Wildman–Crippen MR) is 98.4 cm³/mol. The minimum atomic E-state index is 0.180. The van der Waals surface area contributed by atoms with E-state index < -0.39 is 0 Å². The molecule has 0 radical (unpaired) electrons. The molecule has 0 bridgehead atoms. The number of fused-ring (bicyclic) bond motifs is 1. The van der Waals surface area contributed by atoms with Crippen molar-refractivity contribution in [1.82, 2.24) is 19.6 Å². The number of ether oxygens (including phenoxy) is 2. The lowest BCUT2D eigenvalue weighted by Crippen LogP contribution is -2.27. The van der Waals surface area contributed by atoms with Crippen LogP contribution in [-0.4, -0.2) is 52.9 Å². The SMILES string of the molecule is COc1ccc(Nc2cc(N3CCC(N)C3)nn3ccnc23)nc1OC. The Bertz CT molecular complexity index is 927. The zero-order valence-electron chi connectivity index (χ0n) is 14.7. The van der Waals surface area contributed by atoms with E-state index in [-0.39, 0.29) is 6.04 Å². The third kappa shape index (κ3) is 2.97. The van der Waals surface area contributed by atoms with Crippen LogP contribution in [0.3, 0.4) is 0 Å². The lowest BCUT2D eigenvalue weighted by molar-refractivity contribution is 0.343. The molecule has 1 atom stereocenters. The lowest BCUT2D eigenvalue weighted by atomic mass is 10.3. The Kier molecular flexibility index (Phi) is 4.21. The predicted octanol–water partition coefficient (Wildman–Crippen LogP) is 1.42. The molecule has 0 spiro atoms. The Balaban J connectivity index is 1.70. The van der Waals surface area contributed by atoms with Gasteiger partial charge in [0, 0.05) is 37.6 Å². The number of hydrogen-bond acceptors (Lipinski definition) is 8. The number of imidazole rings is 1. The van der Waals surface area contributed by atoms with Gasteiger partial charge in [-0.05, 0) is 18.6 Å².